The number of aliphatic hydroxyl groups is 1. The lowest BCUT2D eigenvalue weighted by Crippen LogP contribution is -2.50. The summed E-state index contributed by atoms with van der Waals surface area (Å²) in [6, 6.07) is 22.1. The molecule has 0 saturated heterocycles. The smallest absolute Gasteiger partial charge is 0.250 e. The fraction of sp³-hybridized carbons (Fsp3) is 0.333. The Morgan fingerprint density at radius 1 is 0.735 bits per heavy atom. The van der Waals surface area contributed by atoms with E-state index >= 15 is 0 Å². The van der Waals surface area contributed by atoms with Crippen molar-refractivity contribution in [1.82, 2.24) is 21.3 Å². The number of anilines is 3. The summed E-state index contributed by atoms with van der Waals surface area (Å²) in [5.41, 5.74) is 3.84. The van der Waals surface area contributed by atoms with E-state index < -0.39 is 48.8 Å². The molecule has 2 aliphatic rings. The van der Waals surface area contributed by atoms with Gasteiger partial charge in [0.1, 0.15) is 5.54 Å². The van der Waals surface area contributed by atoms with E-state index in [4.69, 9.17) is 5.11 Å². The number of rotatable bonds is 13. The number of fused-ring (bicyclic) bond motifs is 2. The van der Waals surface area contributed by atoms with Gasteiger partial charge in [0.05, 0.1) is 37.6 Å². The van der Waals surface area contributed by atoms with Crippen molar-refractivity contribution in [2.75, 3.05) is 29.9 Å². The number of carbonyl (C=O) groups excluding carboxylic acids is 6. The van der Waals surface area contributed by atoms with Gasteiger partial charge < -0.3 is 31.7 Å². The number of para-hydroxylation sites is 2. The molecule has 1 fully saturated rings. The molecule has 0 radical (unpaired) electrons. The largest absolute Gasteiger partial charge is 0.392 e. The fourth-order valence-electron chi connectivity index (χ4n) is 5.72. The molecule has 1 heterocycles. The monoisotopic (exact) mass is 668 g/mol. The van der Waals surface area contributed by atoms with Crippen LogP contribution in [0.1, 0.15) is 55.2 Å². The van der Waals surface area contributed by atoms with E-state index in [2.05, 4.69) is 33.5 Å². The second-order valence-corrected chi connectivity index (χ2v) is 12.3. The number of carbonyl (C=O) groups is 6. The summed E-state index contributed by atoms with van der Waals surface area (Å²) in [4.78, 5) is 77.3. The third kappa shape index (κ3) is 8.87. The molecule has 1 atom stereocenters. The number of aliphatic hydroxyl groups excluding tert-OH is 1. The summed E-state index contributed by atoms with van der Waals surface area (Å²) in [5.74, 6) is -2.73. The van der Waals surface area contributed by atoms with E-state index in [0.717, 1.165) is 28.9 Å². The molecule has 0 bridgehead atoms. The number of nitrogens with one attached hydrogen (secondary N) is 5. The summed E-state index contributed by atoms with van der Waals surface area (Å²) in [7, 11) is 0. The topological polar surface area (TPSA) is 186 Å². The van der Waals surface area contributed by atoms with Crippen LogP contribution < -0.4 is 31.5 Å². The van der Waals surface area contributed by atoms with Crippen LogP contribution in [0.4, 0.5) is 17.1 Å². The van der Waals surface area contributed by atoms with Gasteiger partial charge in [-0.1, -0.05) is 55.5 Å². The lowest BCUT2D eigenvalue weighted by Gasteiger charge is -2.25. The van der Waals surface area contributed by atoms with Gasteiger partial charge in [0, 0.05) is 18.5 Å². The van der Waals surface area contributed by atoms with Crippen LogP contribution >= 0.6 is 0 Å². The third-order valence-corrected chi connectivity index (χ3v) is 8.58. The molecule has 3 aromatic rings. The van der Waals surface area contributed by atoms with Crippen molar-refractivity contribution in [2.45, 2.75) is 57.1 Å². The van der Waals surface area contributed by atoms with Crippen molar-refractivity contribution in [2.24, 2.45) is 0 Å². The molecule has 13 heteroatoms. The summed E-state index contributed by atoms with van der Waals surface area (Å²) >= 11 is 0. The predicted octanol–water partition coefficient (Wildman–Crippen LogP) is 1.92. The summed E-state index contributed by atoms with van der Waals surface area (Å²) < 4.78 is 0. The van der Waals surface area contributed by atoms with Gasteiger partial charge in [-0.05, 0) is 66.1 Å². The van der Waals surface area contributed by atoms with Crippen LogP contribution in [0.15, 0.2) is 72.8 Å². The number of benzene rings is 3. The highest BCUT2D eigenvalue weighted by Gasteiger charge is 2.51. The number of hydrogen-bond donors (Lipinski definition) is 6. The van der Waals surface area contributed by atoms with E-state index in [1.54, 1.807) is 29.2 Å². The molecule has 0 spiro atoms. The Kier molecular flexibility index (Phi) is 11.0. The van der Waals surface area contributed by atoms with Crippen molar-refractivity contribution >= 4 is 52.5 Å². The Morgan fingerprint density at radius 3 is 1.98 bits per heavy atom. The molecular weight excluding hydrogens is 628 g/mol. The van der Waals surface area contributed by atoms with Crippen molar-refractivity contribution in [3.05, 3.63) is 89.5 Å². The van der Waals surface area contributed by atoms with Gasteiger partial charge >= 0.3 is 0 Å². The Morgan fingerprint density at radius 2 is 1.33 bits per heavy atom. The second-order valence-electron chi connectivity index (χ2n) is 12.3. The van der Waals surface area contributed by atoms with Crippen molar-refractivity contribution in [1.29, 1.82) is 0 Å². The van der Waals surface area contributed by atoms with Crippen LogP contribution in [0.2, 0.25) is 0 Å². The van der Waals surface area contributed by atoms with E-state index in [1.807, 2.05) is 48.5 Å². The zero-order chi connectivity index (χ0) is 35.0. The molecule has 1 aliphatic heterocycles. The van der Waals surface area contributed by atoms with Gasteiger partial charge in [-0.15, -0.1) is 0 Å². The summed E-state index contributed by atoms with van der Waals surface area (Å²) in [6.45, 7) is 0.785. The predicted molar refractivity (Wildman–Crippen MR) is 182 cm³/mol. The molecule has 13 nitrogen and oxygen atoms in total. The zero-order valence-corrected chi connectivity index (χ0v) is 27.2. The first-order chi connectivity index (χ1) is 23.6. The molecule has 5 rings (SSSR count). The van der Waals surface area contributed by atoms with Crippen LogP contribution in [0.25, 0.3) is 0 Å². The first kappa shape index (κ1) is 34.8. The maximum Gasteiger partial charge on any atom is 0.250 e. The molecule has 6 N–H and O–H groups in total. The molecule has 0 aromatic heterocycles. The zero-order valence-electron chi connectivity index (χ0n) is 27.2. The summed E-state index contributed by atoms with van der Waals surface area (Å²) in [5, 5.41) is 21.8. The number of nitrogens with zero attached hydrogens (tertiary/aromatic N) is 1. The quantitative estimate of drug-likeness (QED) is 0.161. The molecule has 6 amide bonds. The molecular formula is C36H40N6O7. The molecule has 1 saturated carbocycles. The van der Waals surface area contributed by atoms with Gasteiger partial charge in [0.2, 0.25) is 35.4 Å². The van der Waals surface area contributed by atoms with Gasteiger partial charge in [-0.3, -0.25) is 33.7 Å². The minimum absolute atomic E-state index is 0.0738. The van der Waals surface area contributed by atoms with Crippen LogP contribution in [-0.2, 0) is 41.8 Å². The molecule has 1 aliphatic carbocycles. The Hall–Kier alpha value is -5.56. The number of amides is 6. The number of hydrogen-bond acceptors (Lipinski definition) is 7. The average Bonchev–Trinajstić information content (AvgIpc) is 3.91. The Balaban J connectivity index is 1.00. The summed E-state index contributed by atoms with van der Waals surface area (Å²) in [6.07, 6.45) is 1.47. The Bertz CT molecular complexity index is 1740. The van der Waals surface area contributed by atoms with Crippen molar-refractivity contribution in [3.63, 3.8) is 0 Å². The second kappa shape index (κ2) is 15.6. The first-order valence-electron chi connectivity index (χ1n) is 16.2. The fourth-order valence-corrected chi connectivity index (χ4v) is 5.72. The lowest BCUT2D eigenvalue weighted by molar-refractivity contribution is -0.130. The molecule has 3 aromatic carbocycles. The van der Waals surface area contributed by atoms with Crippen molar-refractivity contribution in [3.8, 4) is 0 Å². The van der Waals surface area contributed by atoms with Crippen LogP contribution in [0, 0.1) is 0 Å². The maximum atomic E-state index is 13.5. The molecule has 256 valence electrons. The van der Waals surface area contributed by atoms with Crippen LogP contribution in [-0.4, -0.2) is 65.7 Å². The Labute approximate surface area is 283 Å². The SMILES string of the molecule is CC1Cc2ccccc2N(C(=O)CCC(=O)NCC(=O)NCC(=O)NCC(=O)NC2(C(=O)Nc3ccc(CO)cc3)CC2)c2ccccc21. The van der Waals surface area contributed by atoms with E-state index in [1.165, 1.54) is 0 Å². The molecule has 49 heavy (non-hydrogen) atoms. The van der Waals surface area contributed by atoms with E-state index in [0.29, 0.717) is 24.1 Å². The van der Waals surface area contributed by atoms with E-state index in [-0.39, 0.29) is 37.2 Å². The minimum atomic E-state index is -1.06. The van der Waals surface area contributed by atoms with Gasteiger partial charge in [-0.25, -0.2) is 0 Å². The minimum Gasteiger partial charge on any atom is -0.392 e. The highest BCUT2D eigenvalue weighted by Crippen LogP contribution is 2.41. The molecule has 1 unspecified atom stereocenters. The average molecular weight is 669 g/mol. The van der Waals surface area contributed by atoms with Crippen LogP contribution in [0.5, 0.6) is 0 Å². The normalized spacial score (nSPS) is 15.4. The highest BCUT2D eigenvalue weighted by atomic mass is 16.3. The van der Waals surface area contributed by atoms with Gasteiger partial charge in [-0.2, -0.15) is 0 Å². The first-order valence-corrected chi connectivity index (χ1v) is 16.2. The standard InChI is InChI=1S/C36H40N6O7/c1-23-18-25-6-2-4-8-28(25)42(29-9-5-3-7-27(23)29)34(48)15-14-30(44)37-19-31(45)38-20-32(46)39-21-33(47)41-36(16-17-36)35(49)40-26-12-10-24(22-43)11-13-26/h2-13,23,43H,14-22H2,1H3,(H,37,44)(H,38,45)(H,39,46)(H,40,49)(H,41,47). The third-order valence-electron chi connectivity index (χ3n) is 8.58. The highest BCUT2D eigenvalue weighted by molar-refractivity contribution is 6.04. The van der Waals surface area contributed by atoms with E-state index in [9.17, 15) is 28.8 Å². The lowest BCUT2D eigenvalue weighted by atomic mass is 9.94. The maximum absolute atomic E-state index is 13.5. The van der Waals surface area contributed by atoms with Crippen LogP contribution in [0.3, 0.4) is 0 Å². The van der Waals surface area contributed by atoms with Gasteiger partial charge in [0.25, 0.3) is 0 Å². The van der Waals surface area contributed by atoms with Crippen molar-refractivity contribution < 1.29 is 33.9 Å². The van der Waals surface area contributed by atoms with Gasteiger partial charge in [0.15, 0.2) is 0 Å².